The summed E-state index contributed by atoms with van der Waals surface area (Å²) in [5.41, 5.74) is 4.30. The molecular weight excluding hydrogens is 354 g/mol. The quantitative estimate of drug-likeness (QED) is 0.538. The van der Waals surface area contributed by atoms with Gasteiger partial charge in [-0.05, 0) is 18.1 Å². The number of para-hydroxylation sites is 1. The molecule has 0 spiro atoms. The van der Waals surface area contributed by atoms with E-state index in [-0.39, 0.29) is 5.91 Å². The van der Waals surface area contributed by atoms with E-state index in [9.17, 15) is 4.79 Å². The van der Waals surface area contributed by atoms with Crippen molar-refractivity contribution < 1.29 is 4.79 Å². The van der Waals surface area contributed by atoms with Crippen molar-refractivity contribution >= 4 is 28.1 Å². The second-order valence-corrected chi connectivity index (χ2v) is 7.47. The molecule has 0 saturated carbocycles. The Morgan fingerprint density at radius 1 is 1.11 bits per heavy atom. The predicted molar refractivity (Wildman–Crippen MR) is 111 cm³/mol. The zero-order valence-corrected chi connectivity index (χ0v) is 16.0. The van der Waals surface area contributed by atoms with E-state index < -0.39 is 0 Å². The van der Waals surface area contributed by atoms with Gasteiger partial charge in [-0.25, -0.2) is 4.98 Å². The van der Waals surface area contributed by atoms with Crippen molar-refractivity contribution in [3.8, 4) is 10.6 Å². The van der Waals surface area contributed by atoms with Crippen LogP contribution >= 0.6 is 11.3 Å². The van der Waals surface area contributed by atoms with Crippen LogP contribution in [-0.4, -0.2) is 34.4 Å². The monoisotopic (exact) mass is 375 g/mol. The van der Waals surface area contributed by atoms with Gasteiger partial charge in [0.15, 0.2) is 0 Å². The van der Waals surface area contributed by atoms with Crippen molar-refractivity contribution in [2.75, 3.05) is 13.6 Å². The number of rotatable bonds is 6. The largest absolute Gasteiger partial charge is 0.361 e. The molecule has 0 aliphatic carbocycles. The average molecular weight is 375 g/mol. The Morgan fingerprint density at radius 3 is 2.74 bits per heavy atom. The van der Waals surface area contributed by atoms with Gasteiger partial charge in [0.1, 0.15) is 5.01 Å². The highest BCUT2D eigenvalue weighted by molar-refractivity contribution is 7.13. The highest BCUT2D eigenvalue weighted by atomic mass is 32.1. The number of likely N-dealkylation sites (N-methyl/N-ethyl adjacent to an activating group) is 1. The Morgan fingerprint density at radius 2 is 1.89 bits per heavy atom. The zero-order valence-electron chi connectivity index (χ0n) is 15.2. The third-order valence-corrected chi connectivity index (χ3v) is 5.66. The van der Waals surface area contributed by atoms with E-state index in [0.717, 1.165) is 28.2 Å². The van der Waals surface area contributed by atoms with Gasteiger partial charge in [0.05, 0.1) is 12.1 Å². The topological polar surface area (TPSA) is 49.0 Å². The van der Waals surface area contributed by atoms with E-state index in [1.165, 1.54) is 10.9 Å². The van der Waals surface area contributed by atoms with Gasteiger partial charge < -0.3 is 9.88 Å². The molecule has 2 aromatic heterocycles. The van der Waals surface area contributed by atoms with Gasteiger partial charge in [0.2, 0.25) is 5.91 Å². The van der Waals surface area contributed by atoms with E-state index in [1.54, 1.807) is 16.2 Å². The van der Waals surface area contributed by atoms with Crippen LogP contribution in [0.5, 0.6) is 0 Å². The number of fused-ring (bicyclic) bond motifs is 1. The van der Waals surface area contributed by atoms with E-state index >= 15 is 0 Å². The molecule has 1 amide bonds. The molecule has 136 valence electrons. The first-order chi connectivity index (χ1) is 13.2. The fraction of sp³-hybridized carbons (Fsp3) is 0.182. The van der Waals surface area contributed by atoms with Crippen molar-refractivity contribution in [1.29, 1.82) is 0 Å². The minimum atomic E-state index is 0.0970. The number of amides is 1. The number of aromatic amines is 1. The van der Waals surface area contributed by atoms with Gasteiger partial charge >= 0.3 is 0 Å². The maximum atomic E-state index is 12.6. The molecule has 0 aliphatic heterocycles. The summed E-state index contributed by atoms with van der Waals surface area (Å²) in [7, 11) is 1.86. The summed E-state index contributed by atoms with van der Waals surface area (Å²) in [5, 5.41) is 4.17. The van der Waals surface area contributed by atoms with Gasteiger partial charge in [0, 0.05) is 41.6 Å². The summed E-state index contributed by atoms with van der Waals surface area (Å²) in [6.07, 6.45) is 3.21. The van der Waals surface area contributed by atoms with Crippen LogP contribution in [0.15, 0.2) is 66.2 Å². The summed E-state index contributed by atoms with van der Waals surface area (Å²) in [5.74, 6) is 0.0970. The Bertz CT molecular complexity index is 1050. The third-order valence-electron chi connectivity index (χ3n) is 4.72. The fourth-order valence-electron chi connectivity index (χ4n) is 3.14. The van der Waals surface area contributed by atoms with Crippen LogP contribution in [0.25, 0.3) is 21.5 Å². The lowest BCUT2D eigenvalue weighted by Crippen LogP contribution is -2.30. The standard InChI is InChI=1S/C22H21N3OS/c1-25(12-11-17-14-23-20-10-6-5-9-19(17)20)21(26)13-18-15-27-22(24-18)16-7-3-2-4-8-16/h2-10,14-15,23H,11-13H2,1H3. The molecule has 27 heavy (non-hydrogen) atoms. The Kier molecular flexibility index (Phi) is 5.03. The second kappa shape index (κ2) is 7.76. The van der Waals surface area contributed by atoms with Gasteiger partial charge in [0.25, 0.3) is 0 Å². The maximum absolute atomic E-state index is 12.6. The Hall–Kier alpha value is -2.92. The van der Waals surface area contributed by atoms with Crippen molar-refractivity contribution in [3.05, 3.63) is 77.4 Å². The van der Waals surface area contributed by atoms with Crippen LogP contribution in [0.2, 0.25) is 0 Å². The molecule has 0 aliphatic rings. The number of H-pyrrole nitrogens is 1. The molecule has 4 nitrogen and oxygen atoms in total. The van der Waals surface area contributed by atoms with E-state index in [0.29, 0.717) is 13.0 Å². The van der Waals surface area contributed by atoms with Crippen molar-refractivity contribution in [2.24, 2.45) is 0 Å². The summed E-state index contributed by atoms with van der Waals surface area (Å²) < 4.78 is 0. The maximum Gasteiger partial charge on any atom is 0.228 e. The first-order valence-electron chi connectivity index (χ1n) is 8.99. The van der Waals surface area contributed by atoms with Crippen LogP contribution in [0.4, 0.5) is 0 Å². The molecule has 1 N–H and O–H groups in total. The van der Waals surface area contributed by atoms with E-state index in [1.807, 2.05) is 61.1 Å². The SMILES string of the molecule is CN(CCc1c[nH]c2ccccc12)C(=O)Cc1csc(-c2ccccc2)n1. The molecule has 0 radical (unpaired) electrons. The van der Waals surface area contributed by atoms with Crippen LogP contribution < -0.4 is 0 Å². The molecule has 4 aromatic rings. The van der Waals surface area contributed by atoms with Crippen LogP contribution in [0.3, 0.4) is 0 Å². The molecule has 0 atom stereocenters. The second-order valence-electron chi connectivity index (χ2n) is 6.61. The normalized spacial score (nSPS) is 11.0. The number of carbonyl (C=O) groups is 1. The molecule has 5 heteroatoms. The zero-order chi connectivity index (χ0) is 18.6. The lowest BCUT2D eigenvalue weighted by Gasteiger charge is -2.16. The van der Waals surface area contributed by atoms with E-state index in [2.05, 4.69) is 22.1 Å². The van der Waals surface area contributed by atoms with E-state index in [4.69, 9.17) is 0 Å². The molecule has 0 fully saturated rings. The van der Waals surface area contributed by atoms with Crippen LogP contribution in [-0.2, 0) is 17.6 Å². The fourth-order valence-corrected chi connectivity index (χ4v) is 3.97. The van der Waals surface area contributed by atoms with Crippen LogP contribution in [0.1, 0.15) is 11.3 Å². The molecule has 2 aromatic carbocycles. The molecule has 2 heterocycles. The highest BCUT2D eigenvalue weighted by Crippen LogP contribution is 2.23. The highest BCUT2D eigenvalue weighted by Gasteiger charge is 2.13. The number of thiazole rings is 1. The minimum absolute atomic E-state index is 0.0970. The summed E-state index contributed by atoms with van der Waals surface area (Å²) in [6, 6.07) is 18.3. The smallest absolute Gasteiger partial charge is 0.228 e. The van der Waals surface area contributed by atoms with Crippen LogP contribution in [0, 0.1) is 0 Å². The number of carbonyl (C=O) groups excluding carboxylic acids is 1. The number of hydrogen-bond acceptors (Lipinski definition) is 3. The number of nitrogens with one attached hydrogen (secondary N) is 1. The van der Waals surface area contributed by atoms with Gasteiger partial charge in [-0.2, -0.15) is 0 Å². The minimum Gasteiger partial charge on any atom is -0.361 e. The molecule has 0 bridgehead atoms. The van der Waals surface area contributed by atoms with Crippen molar-refractivity contribution in [1.82, 2.24) is 14.9 Å². The Labute approximate surface area is 162 Å². The van der Waals surface area contributed by atoms with Crippen molar-refractivity contribution in [2.45, 2.75) is 12.8 Å². The van der Waals surface area contributed by atoms with Gasteiger partial charge in [-0.15, -0.1) is 11.3 Å². The van der Waals surface area contributed by atoms with Crippen molar-refractivity contribution in [3.63, 3.8) is 0 Å². The lowest BCUT2D eigenvalue weighted by atomic mass is 10.1. The first kappa shape index (κ1) is 17.5. The average Bonchev–Trinajstić information content (AvgIpc) is 3.34. The summed E-state index contributed by atoms with van der Waals surface area (Å²) >= 11 is 1.58. The molecule has 0 unspecified atom stereocenters. The van der Waals surface area contributed by atoms with Gasteiger partial charge in [-0.3, -0.25) is 4.79 Å². The summed E-state index contributed by atoms with van der Waals surface area (Å²) in [6.45, 7) is 0.691. The Balaban J connectivity index is 1.36. The number of aromatic nitrogens is 2. The molecule has 4 rings (SSSR count). The predicted octanol–water partition coefficient (Wildman–Crippen LogP) is 4.54. The lowest BCUT2D eigenvalue weighted by molar-refractivity contribution is -0.129. The number of benzene rings is 2. The first-order valence-corrected chi connectivity index (χ1v) is 9.87. The molecular formula is C22H21N3OS. The molecule has 0 saturated heterocycles. The number of nitrogens with zero attached hydrogens (tertiary/aromatic N) is 2. The third kappa shape index (κ3) is 3.93. The van der Waals surface area contributed by atoms with Gasteiger partial charge in [-0.1, -0.05) is 48.5 Å². The summed E-state index contributed by atoms with van der Waals surface area (Å²) in [4.78, 5) is 22.3. The number of hydrogen-bond donors (Lipinski definition) is 1.